The Bertz CT molecular complexity index is 672. The van der Waals surface area contributed by atoms with Gasteiger partial charge in [-0.3, -0.25) is 4.79 Å². The van der Waals surface area contributed by atoms with Crippen molar-refractivity contribution in [3.63, 3.8) is 0 Å². The predicted molar refractivity (Wildman–Crippen MR) is 89.3 cm³/mol. The molecule has 0 fully saturated rings. The van der Waals surface area contributed by atoms with Gasteiger partial charge in [0.2, 0.25) is 0 Å². The van der Waals surface area contributed by atoms with Gasteiger partial charge in [-0.1, -0.05) is 29.8 Å². The zero-order valence-electron chi connectivity index (χ0n) is 12.6. The standard InChI is InChI=1S/C18H18ClNO3/c19-14-5-7-15(8-6-14)23-12-18(21)20-11-13-9-10-22-17-4-2-1-3-16(13)17/h1-8,13H,9-12H2,(H,20,21). The number of rotatable bonds is 5. The molecule has 1 aliphatic rings. The highest BCUT2D eigenvalue weighted by Gasteiger charge is 2.21. The Morgan fingerprint density at radius 2 is 2.00 bits per heavy atom. The molecule has 1 atom stereocenters. The molecule has 0 radical (unpaired) electrons. The van der Waals surface area contributed by atoms with Gasteiger partial charge in [0.15, 0.2) is 6.61 Å². The minimum atomic E-state index is -0.135. The van der Waals surface area contributed by atoms with E-state index in [9.17, 15) is 4.79 Å². The Labute approximate surface area is 140 Å². The minimum Gasteiger partial charge on any atom is -0.493 e. The minimum absolute atomic E-state index is 0.00744. The number of hydrogen-bond acceptors (Lipinski definition) is 3. The van der Waals surface area contributed by atoms with Gasteiger partial charge in [0, 0.05) is 17.5 Å². The highest BCUT2D eigenvalue weighted by atomic mass is 35.5. The van der Waals surface area contributed by atoms with Crippen LogP contribution < -0.4 is 14.8 Å². The maximum absolute atomic E-state index is 11.9. The van der Waals surface area contributed by atoms with E-state index in [2.05, 4.69) is 11.4 Å². The van der Waals surface area contributed by atoms with Crippen LogP contribution in [0, 0.1) is 0 Å². The lowest BCUT2D eigenvalue weighted by atomic mass is 9.93. The molecule has 0 saturated heterocycles. The van der Waals surface area contributed by atoms with Crippen molar-refractivity contribution in [3.8, 4) is 11.5 Å². The van der Waals surface area contributed by atoms with Crippen molar-refractivity contribution < 1.29 is 14.3 Å². The van der Waals surface area contributed by atoms with Crippen LogP contribution in [0.1, 0.15) is 17.9 Å². The molecule has 3 rings (SSSR count). The van der Waals surface area contributed by atoms with Crippen molar-refractivity contribution in [2.24, 2.45) is 0 Å². The van der Waals surface area contributed by atoms with Crippen LogP contribution in [0.15, 0.2) is 48.5 Å². The molecule has 2 aromatic rings. The largest absolute Gasteiger partial charge is 0.493 e. The second-order valence-electron chi connectivity index (χ2n) is 5.42. The van der Waals surface area contributed by atoms with Gasteiger partial charge in [-0.2, -0.15) is 0 Å². The van der Waals surface area contributed by atoms with Gasteiger partial charge in [-0.25, -0.2) is 0 Å². The Morgan fingerprint density at radius 3 is 2.83 bits per heavy atom. The van der Waals surface area contributed by atoms with E-state index in [1.807, 2.05) is 18.2 Å². The number of fused-ring (bicyclic) bond motifs is 1. The fourth-order valence-electron chi connectivity index (χ4n) is 2.60. The van der Waals surface area contributed by atoms with Crippen LogP contribution >= 0.6 is 11.6 Å². The number of ether oxygens (including phenoxy) is 2. The summed E-state index contributed by atoms with van der Waals surface area (Å²) in [6.07, 6.45) is 0.898. The maximum atomic E-state index is 11.9. The van der Waals surface area contributed by atoms with Crippen LogP contribution in [0.25, 0.3) is 0 Å². The monoisotopic (exact) mass is 331 g/mol. The van der Waals surface area contributed by atoms with E-state index in [1.54, 1.807) is 24.3 Å². The molecule has 1 amide bonds. The van der Waals surface area contributed by atoms with Crippen molar-refractivity contribution in [1.29, 1.82) is 0 Å². The number of benzene rings is 2. The lowest BCUT2D eigenvalue weighted by molar-refractivity contribution is -0.123. The average Bonchev–Trinajstić information content (AvgIpc) is 2.59. The number of nitrogens with one attached hydrogen (secondary N) is 1. The van der Waals surface area contributed by atoms with E-state index in [4.69, 9.17) is 21.1 Å². The smallest absolute Gasteiger partial charge is 0.257 e. The normalized spacial score (nSPS) is 16.1. The summed E-state index contributed by atoms with van der Waals surface area (Å²) in [5.41, 5.74) is 1.15. The first-order chi connectivity index (χ1) is 11.2. The Morgan fingerprint density at radius 1 is 1.22 bits per heavy atom. The summed E-state index contributed by atoms with van der Waals surface area (Å²) in [7, 11) is 0. The molecular formula is C18H18ClNO3. The lowest BCUT2D eigenvalue weighted by Gasteiger charge is -2.26. The molecule has 0 bridgehead atoms. The zero-order chi connectivity index (χ0) is 16.1. The Balaban J connectivity index is 1.49. The summed E-state index contributed by atoms with van der Waals surface area (Å²) in [6.45, 7) is 1.26. The molecule has 0 spiro atoms. The maximum Gasteiger partial charge on any atom is 0.257 e. The van der Waals surface area contributed by atoms with Crippen molar-refractivity contribution in [3.05, 3.63) is 59.1 Å². The molecule has 0 aromatic heterocycles. The van der Waals surface area contributed by atoms with Crippen LogP contribution in [-0.2, 0) is 4.79 Å². The lowest BCUT2D eigenvalue weighted by Crippen LogP contribution is -2.33. The molecule has 1 N–H and O–H groups in total. The number of amides is 1. The van der Waals surface area contributed by atoms with Crippen molar-refractivity contribution in [2.45, 2.75) is 12.3 Å². The third-order valence-electron chi connectivity index (χ3n) is 3.81. The summed E-state index contributed by atoms with van der Waals surface area (Å²) >= 11 is 5.81. The summed E-state index contributed by atoms with van der Waals surface area (Å²) in [5.74, 6) is 1.68. The summed E-state index contributed by atoms with van der Waals surface area (Å²) in [5, 5.41) is 3.57. The van der Waals surface area contributed by atoms with Crippen LogP contribution in [0.2, 0.25) is 5.02 Å². The highest BCUT2D eigenvalue weighted by Crippen LogP contribution is 2.32. The third kappa shape index (κ3) is 4.17. The highest BCUT2D eigenvalue weighted by molar-refractivity contribution is 6.30. The number of halogens is 1. The Kier molecular flexibility index (Phi) is 5.03. The molecular weight excluding hydrogens is 314 g/mol. The molecule has 5 heteroatoms. The second-order valence-corrected chi connectivity index (χ2v) is 5.85. The van der Waals surface area contributed by atoms with E-state index >= 15 is 0 Å². The molecule has 1 heterocycles. The topological polar surface area (TPSA) is 47.6 Å². The summed E-state index contributed by atoms with van der Waals surface area (Å²) in [6, 6.07) is 14.9. The molecule has 4 nitrogen and oxygen atoms in total. The first-order valence-electron chi connectivity index (χ1n) is 7.59. The average molecular weight is 332 g/mol. The molecule has 2 aromatic carbocycles. The van der Waals surface area contributed by atoms with Gasteiger partial charge in [0.25, 0.3) is 5.91 Å². The van der Waals surface area contributed by atoms with Crippen molar-refractivity contribution in [2.75, 3.05) is 19.8 Å². The van der Waals surface area contributed by atoms with Gasteiger partial charge in [-0.05, 0) is 42.3 Å². The zero-order valence-corrected chi connectivity index (χ0v) is 13.4. The number of carbonyl (C=O) groups is 1. The first kappa shape index (κ1) is 15.7. The summed E-state index contributed by atoms with van der Waals surface area (Å²) in [4.78, 5) is 11.9. The molecule has 0 aliphatic carbocycles. The molecule has 1 aliphatic heterocycles. The number of carbonyl (C=O) groups excluding carboxylic acids is 1. The fraction of sp³-hybridized carbons (Fsp3) is 0.278. The van der Waals surface area contributed by atoms with Crippen LogP contribution in [0.3, 0.4) is 0 Å². The van der Waals surface area contributed by atoms with E-state index in [0.29, 0.717) is 23.9 Å². The van der Waals surface area contributed by atoms with Crippen LogP contribution in [0.4, 0.5) is 0 Å². The van der Waals surface area contributed by atoms with Gasteiger partial charge >= 0.3 is 0 Å². The van der Waals surface area contributed by atoms with Gasteiger partial charge in [0.05, 0.1) is 6.61 Å². The van der Waals surface area contributed by atoms with E-state index in [1.165, 1.54) is 0 Å². The fourth-order valence-corrected chi connectivity index (χ4v) is 2.72. The van der Waals surface area contributed by atoms with E-state index in [-0.39, 0.29) is 18.4 Å². The van der Waals surface area contributed by atoms with Crippen LogP contribution in [-0.4, -0.2) is 25.7 Å². The van der Waals surface area contributed by atoms with Gasteiger partial charge in [-0.15, -0.1) is 0 Å². The van der Waals surface area contributed by atoms with E-state index < -0.39 is 0 Å². The molecule has 0 saturated carbocycles. The number of para-hydroxylation sites is 1. The van der Waals surface area contributed by atoms with Crippen molar-refractivity contribution >= 4 is 17.5 Å². The third-order valence-corrected chi connectivity index (χ3v) is 4.06. The second kappa shape index (κ2) is 7.38. The molecule has 1 unspecified atom stereocenters. The number of hydrogen-bond donors (Lipinski definition) is 1. The van der Waals surface area contributed by atoms with E-state index in [0.717, 1.165) is 17.7 Å². The Hall–Kier alpha value is -2.20. The van der Waals surface area contributed by atoms with Gasteiger partial charge in [0.1, 0.15) is 11.5 Å². The first-order valence-corrected chi connectivity index (χ1v) is 7.97. The summed E-state index contributed by atoms with van der Waals surface area (Å²) < 4.78 is 11.1. The van der Waals surface area contributed by atoms with Crippen molar-refractivity contribution in [1.82, 2.24) is 5.32 Å². The van der Waals surface area contributed by atoms with Gasteiger partial charge < -0.3 is 14.8 Å². The predicted octanol–water partition coefficient (Wildman–Crippen LogP) is 3.40. The quantitative estimate of drug-likeness (QED) is 0.913. The molecule has 23 heavy (non-hydrogen) atoms. The van der Waals surface area contributed by atoms with Crippen LogP contribution in [0.5, 0.6) is 11.5 Å². The molecule has 120 valence electrons. The SMILES string of the molecule is O=C(COc1ccc(Cl)cc1)NCC1CCOc2ccccc21.